The molecule has 130 valence electrons. The van der Waals surface area contributed by atoms with Crippen molar-refractivity contribution in [1.29, 1.82) is 0 Å². The van der Waals surface area contributed by atoms with Crippen LogP contribution in [0.5, 0.6) is 17.2 Å². The Hall–Kier alpha value is -2.79. The summed E-state index contributed by atoms with van der Waals surface area (Å²) in [5.74, 6) is 1.94. The van der Waals surface area contributed by atoms with Crippen LogP contribution >= 0.6 is 0 Å². The van der Waals surface area contributed by atoms with E-state index in [0.717, 1.165) is 11.3 Å². The molecule has 1 aliphatic rings. The maximum absolute atomic E-state index is 12.7. The van der Waals surface area contributed by atoms with E-state index in [1.54, 1.807) is 32.4 Å². The van der Waals surface area contributed by atoms with E-state index in [0.29, 0.717) is 35.8 Å². The van der Waals surface area contributed by atoms with E-state index >= 15 is 0 Å². The van der Waals surface area contributed by atoms with E-state index < -0.39 is 0 Å². The second-order valence-corrected chi connectivity index (χ2v) is 5.56. The van der Waals surface area contributed by atoms with Crippen molar-refractivity contribution in [3.8, 4) is 17.2 Å². The molecule has 2 aromatic carbocycles. The highest BCUT2D eigenvalue weighted by Crippen LogP contribution is 2.31. The first kappa shape index (κ1) is 17.0. The second kappa shape index (κ2) is 7.85. The maximum Gasteiger partial charge on any atom is 0.196 e. The Balaban J connectivity index is 1.76. The molecule has 25 heavy (non-hydrogen) atoms. The molecule has 0 atom stereocenters. The van der Waals surface area contributed by atoms with Crippen LogP contribution in [0, 0.1) is 0 Å². The SMILES string of the molecule is COCCOc1ccc(C=C2COc3ccc(OC)cc3C2=O)cc1. The first-order valence-electron chi connectivity index (χ1n) is 7.99. The van der Waals surface area contributed by atoms with Crippen molar-refractivity contribution < 1.29 is 23.7 Å². The Morgan fingerprint density at radius 3 is 2.52 bits per heavy atom. The molecule has 0 amide bonds. The minimum absolute atomic E-state index is 0.0411. The molecule has 0 saturated carbocycles. The molecule has 1 aliphatic heterocycles. The van der Waals surface area contributed by atoms with Crippen LogP contribution in [-0.2, 0) is 4.74 Å². The fraction of sp³-hybridized carbons (Fsp3) is 0.250. The van der Waals surface area contributed by atoms with Crippen LogP contribution in [0.15, 0.2) is 48.0 Å². The summed E-state index contributed by atoms with van der Waals surface area (Å²) in [6, 6.07) is 12.8. The van der Waals surface area contributed by atoms with Gasteiger partial charge in [0.25, 0.3) is 0 Å². The van der Waals surface area contributed by atoms with Gasteiger partial charge in [0.1, 0.15) is 30.5 Å². The topological polar surface area (TPSA) is 54.0 Å². The van der Waals surface area contributed by atoms with Gasteiger partial charge in [-0.3, -0.25) is 4.79 Å². The summed E-state index contributed by atoms with van der Waals surface area (Å²) in [7, 11) is 3.21. The Morgan fingerprint density at radius 2 is 1.80 bits per heavy atom. The molecule has 0 bridgehead atoms. The van der Waals surface area contributed by atoms with Crippen LogP contribution in [0.4, 0.5) is 0 Å². The highest BCUT2D eigenvalue weighted by molar-refractivity contribution is 6.14. The first-order valence-corrected chi connectivity index (χ1v) is 7.99. The Morgan fingerprint density at radius 1 is 1.04 bits per heavy atom. The normalized spacial score (nSPS) is 14.8. The maximum atomic E-state index is 12.7. The lowest BCUT2D eigenvalue weighted by Gasteiger charge is -2.19. The third kappa shape index (κ3) is 4.00. The van der Waals surface area contributed by atoms with Gasteiger partial charge in [-0.1, -0.05) is 12.1 Å². The Bertz CT molecular complexity index is 777. The van der Waals surface area contributed by atoms with E-state index in [-0.39, 0.29) is 12.4 Å². The van der Waals surface area contributed by atoms with Crippen molar-refractivity contribution in [2.75, 3.05) is 34.0 Å². The lowest BCUT2D eigenvalue weighted by Crippen LogP contribution is -2.19. The van der Waals surface area contributed by atoms with E-state index in [1.807, 2.05) is 30.3 Å². The number of hydrogen-bond acceptors (Lipinski definition) is 5. The van der Waals surface area contributed by atoms with Crippen molar-refractivity contribution in [2.45, 2.75) is 0 Å². The van der Waals surface area contributed by atoms with Crippen molar-refractivity contribution in [3.63, 3.8) is 0 Å². The molecule has 0 spiro atoms. The van der Waals surface area contributed by atoms with E-state index in [4.69, 9.17) is 18.9 Å². The Kier molecular flexibility index (Phi) is 5.36. The number of carbonyl (C=O) groups is 1. The van der Waals surface area contributed by atoms with E-state index in [2.05, 4.69) is 0 Å². The largest absolute Gasteiger partial charge is 0.497 e. The minimum Gasteiger partial charge on any atom is -0.497 e. The van der Waals surface area contributed by atoms with Crippen LogP contribution in [0.3, 0.4) is 0 Å². The summed E-state index contributed by atoms with van der Waals surface area (Å²) in [6.45, 7) is 1.30. The molecular formula is C20H20O5. The van der Waals surface area contributed by atoms with Crippen molar-refractivity contribution in [3.05, 3.63) is 59.2 Å². The van der Waals surface area contributed by atoms with Gasteiger partial charge in [-0.05, 0) is 42.0 Å². The lowest BCUT2D eigenvalue weighted by molar-refractivity contribution is 0.100. The van der Waals surface area contributed by atoms with Crippen molar-refractivity contribution in [2.24, 2.45) is 0 Å². The van der Waals surface area contributed by atoms with Gasteiger partial charge in [0.15, 0.2) is 5.78 Å². The number of fused-ring (bicyclic) bond motifs is 1. The van der Waals surface area contributed by atoms with E-state index in [1.165, 1.54) is 0 Å². The van der Waals surface area contributed by atoms with Gasteiger partial charge in [-0.15, -0.1) is 0 Å². The van der Waals surface area contributed by atoms with Crippen LogP contribution in [0.1, 0.15) is 15.9 Å². The van der Waals surface area contributed by atoms with Crippen LogP contribution in [0.2, 0.25) is 0 Å². The van der Waals surface area contributed by atoms with Gasteiger partial charge in [0.05, 0.1) is 19.3 Å². The summed E-state index contributed by atoms with van der Waals surface area (Å²) in [6.07, 6.45) is 1.84. The average molecular weight is 340 g/mol. The van der Waals surface area contributed by atoms with E-state index in [9.17, 15) is 4.79 Å². The number of ether oxygens (including phenoxy) is 4. The summed E-state index contributed by atoms with van der Waals surface area (Å²) >= 11 is 0. The van der Waals surface area contributed by atoms with Crippen LogP contribution in [-0.4, -0.2) is 39.8 Å². The first-order chi connectivity index (χ1) is 12.2. The standard InChI is InChI=1S/C20H20O5/c1-22-9-10-24-16-5-3-14(4-6-16)11-15-13-25-19-8-7-17(23-2)12-18(19)20(15)21/h3-8,11-12H,9-10,13H2,1-2H3. The average Bonchev–Trinajstić information content (AvgIpc) is 2.65. The third-order valence-corrected chi connectivity index (χ3v) is 3.88. The summed E-state index contributed by atoms with van der Waals surface area (Å²) in [4.78, 5) is 12.7. The third-order valence-electron chi connectivity index (χ3n) is 3.88. The summed E-state index contributed by atoms with van der Waals surface area (Å²) in [5, 5.41) is 0. The number of carbonyl (C=O) groups excluding carboxylic acids is 1. The predicted molar refractivity (Wildman–Crippen MR) is 94.6 cm³/mol. The molecule has 5 heteroatoms. The fourth-order valence-corrected chi connectivity index (χ4v) is 2.54. The predicted octanol–water partition coefficient (Wildman–Crippen LogP) is 3.38. The number of benzene rings is 2. The molecule has 5 nitrogen and oxygen atoms in total. The molecule has 3 rings (SSSR count). The zero-order valence-corrected chi connectivity index (χ0v) is 14.3. The number of ketones is 1. The van der Waals surface area contributed by atoms with Crippen LogP contribution in [0.25, 0.3) is 6.08 Å². The number of Topliss-reactive ketones (excluding diaryl/α,β-unsaturated/α-hetero) is 1. The quantitative estimate of drug-likeness (QED) is 0.596. The molecule has 0 radical (unpaired) electrons. The molecular weight excluding hydrogens is 320 g/mol. The molecule has 0 unspecified atom stereocenters. The summed E-state index contributed by atoms with van der Waals surface area (Å²) < 4.78 is 21.4. The van der Waals surface area contributed by atoms with Crippen molar-refractivity contribution in [1.82, 2.24) is 0 Å². The van der Waals surface area contributed by atoms with Gasteiger partial charge in [0, 0.05) is 12.7 Å². The molecule has 0 saturated heterocycles. The number of methoxy groups -OCH3 is 2. The second-order valence-electron chi connectivity index (χ2n) is 5.56. The summed E-state index contributed by atoms with van der Waals surface area (Å²) in [5.41, 5.74) is 2.04. The fourth-order valence-electron chi connectivity index (χ4n) is 2.54. The molecule has 1 heterocycles. The molecule has 0 aromatic heterocycles. The highest BCUT2D eigenvalue weighted by atomic mass is 16.5. The van der Waals surface area contributed by atoms with Gasteiger partial charge >= 0.3 is 0 Å². The highest BCUT2D eigenvalue weighted by Gasteiger charge is 2.23. The molecule has 2 aromatic rings. The van der Waals surface area contributed by atoms with Gasteiger partial charge in [-0.25, -0.2) is 0 Å². The minimum atomic E-state index is -0.0411. The zero-order chi connectivity index (χ0) is 17.6. The van der Waals surface area contributed by atoms with Gasteiger partial charge in [0.2, 0.25) is 0 Å². The van der Waals surface area contributed by atoms with Crippen LogP contribution < -0.4 is 14.2 Å². The molecule has 0 aliphatic carbocycles. The van der Waals surface area contributed by atoms with Crippen molar-refractivity contribution >= 4 is 11.9 Å². The van der Waals surface area contributed by atoms with Gasteiger partial charge < -0.3 is 18.9 Å². The lowest BCUT2D eigenvalue weighted by atomic mass is 9.98. The smallest absolute Gasteiger partial charge is 0.196 e. The van der Waals surface area contributed by atoms with Gasteiger partial charge in [-0.2, -0.15) is 0 Å². The molecule has 0 fully saturated rings. The number of rotatable bonds is 6. The Labute approximate surface area is 146 Å². The molecule has 0 N–H and O–H groups in total. The number of hydrogen-bond donors (Lipinski definition) is 0. The monoisotopic (exact) mass is 340 g/mol. The zero-order valence-electron chi connectivity index (χ0n) is 14.3.